The van der Waals surface area contributed by atoms with E-state index in [9.17, 15) is 4.79 Å². The molecule has 0 unspecified atom stereocenters. The van der Waals surface area contributed by atoms with E-state index in [0.29, 0.717) is 12.1 Å². The Balaban J connectivity index is 1.09. The van der Waals surface area contributed by atoms with Gasteiger partial charge >= 0.3 is 0 Å². The van der Waals surface area contributed by atoms with Crippen molar-refractivity contribution in [3.05, 3.63) is 0 Å². The van der Waals surface area contributed by atoms with Crippen molar-refractivity contribution in [2.75, 3.05) is 52.9 Å². The van der Waals surface area contributed by atoms with E-state index in [-0.39, 0.29) is 12.2 Å². The van der Waals surface area contributed by atoms with Crippen LogP contribution < -0.4 is 16.0 Å². The lowest BCUT2D eigenvalue weighted by Crippen LogP contribution is -2.63. The van der Waals surface area contributed by atoms with E-state index in [2.05, 4.69) is 20.9 Å². The molecule has 4 fully saturated rings. The van der Waals surface area contributed by atoms with Crippen molar-refractivity contribution in [3.8, 4) is 0 Å². The highest BCUT2D eigenvalue weighted by atomic mass is 16.5. The van der Waals surface area contributed by atoms with Gasteiger partial charge in [-0.2, -0.15) is 0 Å². The summed E-state index contributed by atoms with van der Waals surface area (Å²) in [6.07, 6.45) is 11.1. The molecule has 0 spiro atoms. The monoisotopic (exact) mass is 435 g/mol. The van der Waals surface area contributed by atoms with E-state index in [1.165, 1.54) is 57.9 Å². The first-order chi connectivity index (χ1) is 15.1. The maximum absolute atomic E-state index is 11.5. The van der Waals surface area contributed by atoms with Gasteiger partial charge in [-0.25, -0.2) is 0 Å². The van der Waals surface area contributed by atoms with Crippen molar-refractivity contribution in [2.24, 2.45) is 17.8 Å². The molecular weight excluding hydrogens is 390 g/mol. The number of hydrogen-bond acceptors (Lipinski definition) is 6. The van der Waals surface area contributed by atoms with Crippen LogP contribution in [0.1, 0.15) is 58.3 Å². The third-order valence-corrected chi connectivity index (χ3v) is 8.47. The molecule has 2 aliphatic heterocycles. The summed E-state index contributed by atoms with van der Waals surface area (Å²) in [5.41, 5.74) is 0. The van der Waals surface area contributed by atoms with Gasteiger partial charge in [0.25, 0.3) is 0 Å². The Kier molecular flexibility index (Phi) is 8.63. The first-order valence-corrected chi connectivity index (χ1v) is 12.8. The molecule has 2 saturated carbocycles. The first-order valence-electron chi connectivity index (χ1n) is 12.8. The van der Waals surface area contributed by atoms with Crippen LogP contribution in [0.4, 0.5) is 0 Å². The number of nitrogens with zero attached hydrogens (tertiary/aromatic N) is 2. The Morgan fingerprint density at radius 1 is 0.903 bits per heavy atom. The SMILES string of the molecule is COC1CCC(C2CNC(NC3CCC(CN4CCN(C(C)=O)CC4)CC3)NC2)CC1. The zero-order valence-electron chi connectivity index (χ0n) is 19.8. The molecule has 7 nitrogen and oxygen atoms in total. The minimum Gasteiger partial charge on any atom is -0.381 e. The molecule has 0 aromatic carbocycles. The summed E-state index contributed by atoms with van der Waals surface area (Å²) < 4.78 is 5.53. The number of carbonyl (C=O) groups excluding carboxylic acids is 1. The molecule has 1 amide bonds. The number of methoxy groups -OCH3 is 1. The second kappa shape index (κ2) is 11.4. The van der Waals surface area contributed by atoms with E-state index in [1.54, 1.807) is 6.92 Å². The van der Waals surface area contributed by atoms with Crippen molar-refractivity contribution in [1.29, 1.82) is 0 Å². The molecule has 178 valence electrons. The van der Waals surface area contributed by atoms with Crippen LogP contribution in [0.25, 0.3) is 0 Å². The molecule has 0 bridgehead atoms. The lowest BCUT2D eigenvalue weighted by molar-refractivity contribution is -0.130. The molecule has 2 aliphatic carbocycles. The van der Waals surface area contributed by atoms with Gasteiger partial charge in [-0.15, -0.1) is 0 Å². The zero-order chi connectivity index (χ0) is 21.6. The Labute approximate surface area is 189 Å². The van der Waals surface area contributed by atoms with Crippen LogP contribution in [-0.4, -0.2) is 87.1 Å². The van der Waals surface area contributed by atoms with Crippen LogP contribution in [0.5, 0.6) is 0 Å². The quantitative estimate of drug-likeness (QED) is 0.589. The minimum absolute atomic E-state index is 0.223. The molecular formula is C24H45N5O2. The molecule has 0 aromatic rings. The van der Waals surface area contributed by atoms with Crippen molar-refractivity contribution in [3.63, 3.8) is 0 Å². The van der Waals surface area contributed by atoms with Crippen LogP contribution >= 0.6 is 0 Å². The maximum Gasteiger partial charge on any atom is 0.219 e. The van der Waals surface area contributed by atoms with E-state index >= 15 is 0 Å². The highest BCUT2D eigenvalue weighted by Gasteiger charge is 2.32. The molecule has 2 heterocycles. The van der Waals surface area contributed by atoms with Crippen LogP contribution in [0.15, 0.2) is 0 Å². The number of nitrogens with one attached hydrogen (secondary N) is 3. The smallest absolute Gasteiger partial charge is 0.219 e. The Bertz CT molecular complexity index is 544. The van der Waals surface area contributed by atoms with Gasteiger partial charge < -0.3 is 9.64 Å². The Hall–Kier alpha value is -0.730. The van der Waals surface area contributed by atoms with Gasteiger partial charge in [0, 0.05) is 65.9 Å². The maximum atomic E-state index is 11.5. The van der Waals surface area contributed by atoms with Gasteiger partial charge in [0.15, 0.2) is 0 Å². The number of piperazine rings is 1. The fourth-order valence-corrected chi connectivity index (χ4v) is 6.29. The van der Waals surface area contributed by atoms with Gasteiger partial charge in [0.1, 0.15) is 6.29 Å². The van der Waals surface area contributed by atoms with E-state index in [0.717, 1.165) is 57.0 Å². The van der Waals surface area contributed by atoms with Gasteiger partial charge in [-0.05, 0) is 69.1 Å². The lowest BCUT2D eigenvalue weighted by atomic mass is 9.78. The topological polar surface area (TPSA) is 68.9 Å². The number of carbonyl (C=O) groups is 1. The zero-order valence-corrected chi connectivity index (χ0v) is 19.8. The van der Waals surface area contributed by atoms with Crippen LogP contribution in [-0.2, 0) is 9.53 Å². The molecule has 4 rings (SSSR count). The highest BCUT2D eigenvalue weighted by Crippen LogP contribution is 2.32. The van der Waals surface area contributed by atoms with Gasteiger partial charge in [0.05, 0.1) is 6.10 Å². The average Bonchev–Trinajstić information content (AvgIpc) is 2.81. The summed E-state index contributed by atoms with van der Waals surface area (Å²) in [6, 6.07) is 0.629. The Morgan fingerprint density at radius 2 is 1.55 bits per heavy atom. The molecule has 4 aliphatic rings. The normalized spacial score (nSPS) is 38.2. The predicted octanol–water partition coefficient (Wildman–Crippen LogP) is 1.60. The molecule has 2 saturated heterocycles. The van der Waals surface area contributed by atoms with Crippen molar-refractivity contribution in [2.45, 2.75) is 76.7 Å². The second-order valence-corrected chi connectivity index (χ2v) is 10.5. The number of hydrogen-bond donors (Lipinski definition) is 3. The van der Waals surface area contributed by atoms with Crippen molar-refractivity contribution >= 4 is 5.91 Å². The summed E-state index contributed by atoms with van der Waals surface area (Å²) in [5.74, 6) is 2.65. The summed E-state index contributed by atoms with van der Waals surface area (Å²) in [6.45, 7) is 9.06. The first kappa shape index (κ1) is 23.4. The fraction of sp³-hybridized carbons (Fsp3) is 0.958. The third-order valence-electron chi connectivity index (χ3n) is 8.47. The van der Waals surface area contributed by atoms with Crippen LogP contribution in [0.3, 0.4) is 0 Å². The summed E-state index contributed by atoms with van der Waals surface area (Å²) in [5, 5.41) is 11.3. The number of amides is 1. The standard InChI is InChI=1S/C24H45N5O2/c1-18(30)29-13-11-28(12-14-29)17-19-3-7-22(8-4-19)27-24-25-15-21(16-26-24)20-5-9-23(31-2)10-6-20/h19-27H,3-17H2,1-2H3. The van der Waals surface area contributed by atoms with Crippen molar-refractivity contribution in [1.82, 2.24) is 25.8 Å². The average molecular weight is 436 g/mol. The van der Waals surface area contributed by atoms with Gasteiger partial charge in [-0.1, -0.05) is 0 Å². The van der Waals surface area contributed by atoms with Crippen molar-refractivity contribution < 1.29 is 9.53 Å². The molecule has 0 radical (unpaired) electrons. The number of rotatable bonds is 6. The largest absolute Gasteiger partial charge is 0.381 e. The van der Waals surface area contributed by atoms with Gasteiger partial charge in [0.2, 0.25) is 5.91 Å². The molecule has 3 N–H and O–H groups in total. The third kappa shape index (κ3) is 6.64. The second-order valence-electron chi connectivity index (χ2n) is 10.5. The lowest BCUT2D eigenvalue weighted by Gasteiger charge is -2.41. The predicted molar refractivity (Wildman–Crippen MR) is 124 cm³/mol. The molecule has 31 heavy (non-hydrogen) atoms. The van der Waals surface area contributed by atoms with E-state index < -0.39 is 0 Å². The van der Waals surface area contributed by atoms with Crippen LogP contribution in [0.2, 0.25) is 0 Å². The number of ether oxygens (including phenoxy) is 1. The van der Waals surface area contributed by atoms with E-state index in [4.69, 9.17) is 4.74 Å². The van der Waals surface area contributed by atoms with Gasteiger partial charge in [-0.3, -0.25) is 25.6 Å². The molecule has 0 aromatic heterocycles. The Morgan fingerprint density at radius 3 is 2.13 bits per heavy atom. The molecule has 0 atom stereocenters. The summed E-state index contributed by atoms with van der Waals surface area (Å²) in [4.78, 5) is 16.1. The fourth-order valence-electron chi connectivity index (χ4n) is 6.29. The molecule has 7 heteroatoms. The summed E-state index contributed by atoms with van der Waals surface area (Å²) in [7, 11) is 1.86. The summed E-state index contributed by atoms with van der Waals surface area (Å²) >= 11 is 0. The van der Waals surface area contributed by atoms with E-state index in [1.807, 2.05) is 12.0 Å². The van der Waals surface area contributed by atoms with Crippen LogP contribution in [0, 0.1) is 17.8 Å². The minimum atomic E-state index is 0.223. The highest BCUT2D eigenvalue weighted by molar-refractivity contribution is 5.73.